The first kappa shape index (κ1) is 24.2. The summed E-state index contributed by atoms with van der Waals surface area (Å²) < 4.78 is 20.6. The van der Waals surface area contributed by atoms with E-state index in [1.165, 1.54) is 25.0 Å². The fourth-order valence-electron chi connectivity index (χ4n) is 5.81. The lowest BCUT2D eigenvalue weighted by Crippen LogP contribution is -2.27. The number of ether oxygens (including phenoxy) is 1. The number of halogens is 1. The number of fused-ring (bicyclic) bond motifs is 2. The van der Waals surface area contributed by atoms with E-state index in [0.717, 1.165) is 73.4 Å². The summed E-state index contributed by atoms with van der Waals surface area (Å²) in [5.74, 6) is 1.21. The Labute approximate surface area is 225 Å². The average Bonchev–Trinajstić information content (AvgIpc) is 3.72. The zero-order valence-corrected chi connectivity index (χ0v) is 21.7. The van der Waals surface area contributed by atoms with Crippen molar-refractivity contribution in [2.24, 2.45) is 0 Å². The Bertz CT molecular complexity index is 1620. The van der Waals surface area contributed by atoms with Crippen molar-refractivity contribution in [2.75, 3.05) is 39.3 Å². The highest BCUT2D eigenvalue weighted by Crippen LogP contribution is 2.34. The van der Waals surface area contributed by atoms with Gasteiger partial charge in [-0.1, -0.05) is 0 Å². The molecular weight excluding hydrogens is 495 g/mol. The standard InChI is InChI=1S/C29H31FN8O/c30-20-13-19(14-21(15-20)39-12-11-38-9-1-2-10-38)22-5-8-32-28-26(22)34-29(35-28)27-23-16-24(18-3-6-31-7-4-18)33-17-25(23)36-37-27/h5,8,13-18,31H,1-4,6-7,9-12H2,(H,36,37)(H,32,34,35). The van der Waals surface area contributed by atoms with E-state index in [1.54, 1.807) is 6.20 Å². The van der Waals surface area contributed by atoms with Crippen LogP contribution in [0.15, 0.2) is 42.7 Å². The zero-order chi connectivity index (χ0) is 26.2. The highest BCUT2D eigenvalue weighted by atomic mass is 19.1. The predicted molar refractivity (Wildman–Crippen MR) is 148 cm³/mol. The molecule has 2 saturated heterocycles. The molecule has 0 saturated carbocycles. The van der Waals surface area contributed by atoms with Crippen LogP contribution in [-0.4, -0.2) is 74.4 Å². The SMILES string of the molecule is Fc1cc(OCCN2CCCC2)cc(-c2ccnc3[nH]c(-c4n[nH]c5cnc(C6CCNCC6)cc45)nc23)c1. The largest absolute Gasteiger partial charge is 0.492 e. The van der Waals surface area contributed by atoms with E-state index < -0.39 is 0 Å². The quantitative estimate of drug-likeness (QED) is 0.284. The third kappa shape index (κ3) is 4.86. The first-order valence-corrected chi connectivity index (χ1v) is 13.8. The van der Waals surface area contributed by atoms with Gasteiger partial charge in [-0.2, -0.15) is 5.10 Å². The molecule has 2 aliphatic heterocycles. The van der Waals surface area contributed by atoms with Gasteiger partial charge in [0.05, 0.1) is 11.7 Å². The first-order valence-electron chi connectivity index (χ1n) is 13.8. The highest BCUT2D eigenvalue weighted by Gasteiger charge is 2.21. The van der Waals surface area contributed by atoms with Crippen molar-refractivity contribution in [3.63, 3.8) is 0 Å². The molecule has 1 aromatic carbocycles. The fraction of sp³-hybridized carbons (Fsp3) is 0.379. The predicted octanol–water partition coefficient (Wildman–Crippen LogP) is 4.64. The Kier molecular flexibility index (Phi) is 6.41. The zero-order valence-electron chi connectivity index (χ0n) is 21.7. The van der Waals surface area contributed by atoms with Crippen molar-refractivity contribution in [3.8, 4) is 28.4 Å². The minimum absolute atomic E-state index is 0.347. The first-order chi connectivity index (χ1) is 19.2. The molecule has 0 atom stereocenters. The highest BCUT2D eigenvalue weighted by molar-refractivity contribution is 5.95. The molecular formula is C29H31FN8O. The maximum Gasteiger partial charge on any atom is 0.160 e. The number of nitrogens with zero attached hydrogens (tertiary/aromatic N) is 5. The maximum absolute atomic E-state index is 14.7. The summed E-state index contributed by atoms with van der Waals surface area (Å²) in [6, 6.07) is 8.81. The Morgan fingerprint density at radius 3 is 2.79 bits per heavy atom. The fourth-order valence-corrected chi connectivity index (χ4v) is 5.81. The van der Waals surface area contributed by atoms with Crippen molar-refractivity contribution in [3.05, 3.63) is 54.2 Å². The molecule has 3 N–H and O–H groups in total. The van der Waals surface area contributed by atoms with E-state index in [4.69, 9.17) is 14.7 Å². The second kappa shape index (κ2) is 10.3. The van der Waals surface area contributed by atoms with E-state index >= 15 is 0 Å². The number of imidazole rings is 1. The van der Waals surface area contributed by atoms with Crippen LogP contribution in [0.4, 0.5) is 4.39 Å². The molecule has 0 aliphatic carbocycles. The van der Waals surface area contributed by atoms with Gasteiger partial charge in [-0.25, -0.2) is 14.4 Å². The number of H-pyrrole nitrogens is 2. The van der Waals surface area contributed by atoms with Gasteiger partial charge in [-0.15, -0.1) is 0 Å². The smallest absolute Gasteiger partial charge is 0.160 e. The molecule has 7 rings (SSSR count). The number of piperidine rings is 1. The molecule has 39 heavy (non-hydrogen) atoms. The molecule has 0 radical (unpaired) electrons. The molecule has 0 unspecified atom stereocenters. The Hall–Kier alpha value is -3.89. The summed E-state index contributed by atoms with van der Waals surface area (Å²) >= 11 is 0. The van der Waals surface area contributed by atoms with Crippen molar-refractivity contribution < 1.29 is 9.13 Å². The van der Waals surface area contributed by atoms with Crippen molar-refractivity contribution in [1.29, 1.82) is 0 Å². The number of rotatable bonds is 7. The van der Waals surface area contributed by atoms with Crippen LogP contribution < -0.4 is 10.1 Å². The van der Waals surface area contributed by atoms with Gasteiger partial charge in [0, 0.05) is 41.4 Å². The van der Waals surface area contributed by atoms with E-state index in [0.29, 0.717) is 40.8 Å². The van der Waals surface area contributed by atoms with E-state index in [1.807, 2.05) is 18.3 Å². The molecule has 200 valence electrons. The van der Waals surface area contributed by atoms with Crippen LogP contribution in [0.5, 0.6) is 5.75 Å². The van der Waals surface area contributed by atoms with Crippen molar-refractivity contribution in [1.82, 2.24) is 40.3 Å². The summed E-state index contributed by atoms with van der Waals surface area (Å²) in [4.78, 5) is 19.8. The number of aromatic amines is 2. The Morgan fingerprint density at radius 1 is 1.05 bits per heavy atom. The number of hydrogen-bond donors (Lipinski definition) is 3. The second-order valence-corrected chi connectivity index (χ2v) is 10.5. The second-order valence-electron chi connectivity index (χ2n) is 10.5. The maximum atomic E-state index is 14.7. The minimum atomic E-state index is -0.347. The molecule has 5 aromatic rings. The van der Waals surface area contributed by atoms with Gasteiger partial charge in [-0.05, 0) is 81.7 Å². The molecule has 6 heterocycles. The summed E-state index contributed by atoms with van der Waals surface area (Å²) in [6.07, 6.45) is 8.17. The third-order valence-electron chi connectivity index (χ3n) is 7.89. The Morgan fingerprint density at radius 2 is 1.92 bits per heavy atom. The lowest BCUT2D eigenvalue weighted by atomic mass is 9.93. The minimum Gasteiger partial charge on any atom is -0.492 e. The lowest BCUT2D eigenvalue weighted by Gasteiger charge is -2.21. The topological polar surface area (TPSA) is 108 Å². The van der Waals surface area contributed by atoms with Crippen LogP contribution in [0, 0.1) is 5.82 Å². The van der Waals surface area contributed by atoms with Crippen molar-refractivity contribution >= 4 is 22.1 Å². The molecule has 0 spiro atoms. The van der Waals surface area contributed by atoms with E-state index in [9.17, 15) is 4.39 Å². The summed E-state index contributed by atoms with van der Waals surface area (Å²) in [5.41, 5.74) is 5.41. The number of pyridine rings is 2. The van der Waals surface area contributed by atoms with Gasteiger partial charge in [-0.3, -0.25) is 15.0 Å². The van der Waals surface area contributed by atoms with Gasteiger partial charge >= 0.3 is 0 Å². The molecule has 0 amide bonds. The van der Waals surface area contributed by atoms with Crippen LogP contribution in [-0.2, 0) is 0 Å². The molecule has 2 fully saturated rings. The monoisotopic (exact) mass is 526 g/mol. The van der Waals surface area contributed by atoms with Crippen LogP contribution in [0.2, 0.25) is 0 Å². The van der Waals surface area contributed by atoms with Gasteiger partial charge in [0.1, 0.15) is 29.4 Å². The van der Waals surface area contributed by atoms with E-state index in [-0.39, 0.29) is 5.82 Å². The molecule has 10 heteroatoms. The number of hydrogen-bond acceptors (Lipinski definition) is 7. The molecule has 0 bridgehead atoms. The average molecular weight is 527 g/mol. The van der Waals surface area contributed by atoms with Crippen LogP contribution >= 0.6 is 0 Å². The van der Waals surface area contributed by atoms with Gasteiger partial charge in [0.15, 0.2) is 11.5 Å². The normalized spacial score (nSPS) is 16.9. The molecule has 9 nitrogen and oxygen atoms in total. The summed E-state index contributed by atoms with van der Waals surface area (Å²) in [5, 5.41) is 12.0. The lowest BCUT2D eigenvalue weighted by molar-refractivity contribution is 0.237. The number of nitrogens with one attached hydrogen (secondary N) is 3. The van der Waals surface area contributed by atoms with Gasteiger partial charge in [0.2, 0.25) is 0 Å². The van der Waals surface area contributed by atoms with Crippen LogP contribution in [0.1, 0.15) is 37.3 Å². The van der Waals surface area contributed by atoms with Crippen molar-refractivity contribution in [2.45, 2.75) is 31.6 Å². The molecule has 2 aliphatic rings. The van der Waals surface area contributed by atoms with E-state index in [2.05, 4.69) is 36.4 Å². The number of benzene rings is 1. The number of likely N-dealkylation sites (tertiary alicyclic amines) is 1. The molecule has 4 aromatic heterocycles. The number of aromatic nitrogens is 6. The summed E-state index contributed by atoms with van der Waals surface area (Å²) in [7, 11) is 0. The summed E-state index contributed by atoms with van der Waals surface area (Å²) in [6.45, 7) is 5.60. The van der Waals surface area contributed by atoms with Gasteiger partial charge in [0.25, 0.3) is 0 Å². The van der Waals surface area contributed by atoms with Crippen LogP contribution in [0.3, 0.4) is 0 Å². The third-order valence-corrected chi connectivity index (χ3v) is 7.89. The van der Waals surface area contributed by atoms with Gasteiger partial charge < -0.3 is 15.0 Å². The Balaban J connectivity index is 1.20. The van der Waals surface area contributed by atoms with Crippen LogP contribution in [0.25, 0.3) is 44.7 Å².